The summed E-state index contributed by atoms with van der Waals surface area (Å²) < 4.78 is 32.5. The van der Waals surface area contributed by atoms with Crippen molar-refractivity contribution in [2.24, 2.45) is 5.41 Å². The summed E-state index contributed by atoms with van der Waals surface area (Å²) in [7, 11) is 0. The molecule has 0 radical (unpaired) electrons. The first-order valence-electron chi connectivity index (χ1n) is 10.2. The molecule has 0 aromatic carbocycles. The SMILES string of the molecule is CCOC(=O)N1CC2(CC(N3CCC(N4CC(F)(F)CC4CO)CC3)C2)C1. The topological polar surface area (TPSA) is 56.2 Å². The molecule has 1 saturated carbocycles. The third-order valence-corrected chi connectivity index (χ3v) is 7.03. The van der Waals surface area contributed by atoms with Crippen LogP contribution >= 0.6 is 0 Å². The molecule has 1 atom stereocenters. The van der Waals surface area contributed by atoms with Crippen LogP contribution in [0.15, 0.2) is 0 Å². The van der Waals surface area contributed by atoms with Crippen LogP contribution in [-0.4, -0.2) is 95.9 Å². The summed E-state index contributed by atoms with van der Waals surface area (Å²) in [5.41, 5.74) is 0.285. The fraction of sp³-hybridized carbons (Fsp3) is 0.947. The number of aliphatic hydroxyl groups excluding tert-OH is 1. The van der Waals surface area contributed by atoms with Gasteiger partial charge in [0.15, 0.2) is 0 Å². The van der Waals surface area contributed by atoms with Crippen LogP contribution in [0.4, 0.5) is 13.6 Å². The van der Waals surface area contributed by atoms with Crippen LogP contribution in [0.1, 0.15) is 39.0 Å². The van der Waals surface area contributed by atoms with Gasteiger partial charge < -0.3 is 19.6 Å². The van der Waals surface area contributed by atoms with E-state index in [0.29, 0.717) is 12.6 Å². The number of hydrogen-bond acceptors (Lipinski definition) is 5. The average Bonchev–Trinajstić information content (AvgIpc) is 2.88. The van der Waals surface area contributed by atoms with E-state index >= 15 is 0 Å². The highest BCUT2D eigenvalue weighted by atomic mass is 19.3. The molecule has 1 amide bonds. The van der Waals surface area contributed by atoms with Gasteiger partial charge in [0, 0.05) is 43.1 Å². The van der Waals surface area contributed by atoms with Crippen LogP contribution in [0.25, 0.3) is 0 Å². The smallest absolute Gasteiger partial charge is 0.409 e. The van der Waals surface area contributed by atoms with Crippen molar-refractivity contribution >= 4 is 6.09 Å². The highest BCUT2D eigenvalue weighted by molar-refractivity contribution is 5.69. The predicted molar refractivity (Wildman–Crippen MR) is 95.8 cm³/mol. The standard InChI is InChI=1S/C19H31F2N3O3/c1-2-27-17(26)23-11-18(12-23)7-15(8-18)22-5-3-14(4-6-22)24-13-19(20,21)9-16(24)10-25/h14-16,25H,2-13H2,1H3. The molecule has 8 heteroatoms. The van der Waals surface area contributed by atoms with Crippen molar-refractivity contribution in [3.05, 3.63) is 0 Å². The van der Waals surface area contributed by atoms with Crippen LogP contribution in [0.3, 0.4) is 0 Å². The Kier molecular flexibility index (Phi) is 5.10. The van der Waals surface area contributed by atoms with Crippen molar-refractivity contribution in [2.45, 2.75) is 63.1 Å². The first-order valence-corrected chi connectivity index (χ1v) is 10.2. The summed E-state index contributed by atoms with van der Waals surface area (Å²) in [6.45, 7) is 5.33. The van der Waals surface area contributed by atoms with E-state index in [9.17, 15) is 18.7 Å². The molecule has 4 rings (SSSR count). The summed E-state index contributed by atoms with van der Waals surface area (Å²) >= 11 is 0. The maximum atomic E-state index is 13.7. The maximum Gasteiger partial charge on any atom is 0.409 e. The molecule has 0 bridgehead atoms. The van der Waals surface area contributed by atoms with E-state index in [1.54, 1.807) is 4.90 Å². The zero-order valence-corrected chi connectivity index (χ0v) is 16.1. The number of likely N-dealkylation sites (tertiary alicyclic amines) is 3. The third kappa shape index (κ3) is 3.68. The first kappa shape index (κ1) is 19.3. The van der Waals surface area contributed by atoms with Gasteiger partial charge in [-0.3, -0.25) is 4.90 Å². The van der Waals surface area contributed by atoms with Crippen molar-refractivity contribution in [2.75, 3.05) is 45.9 Å². The monoisotopic (exact) mass is 387 g/mol. The number of carbonyl (C=O) groups is 1. The van der Waals surface area contributed by atoms with Gasteiger partial charge in [-0.1, -0.05) is 0 Å². The minimum atomic E-state index is -2.67. The Labute approximate surface area is 159 Å². The molecule has 6 nitrogen and oxygen atoms in total. The number of alkyl halides is 2. The molecular formula is C19H31F2N3O3. The number of nitrogens with zero attached hydrogens (tertiary/aromatic N) is 3. The van der Waals surface area contributed by atoms with Gasteiger partial charge >= 0.3 is 6.09 Å². The fourth-order valence-electron chi connectivity index (χ4n) is 5.67. The van der Waals surface area contributed by atoms with Crippen molar-refractivity contribution in [1.29, 1.82) is 0 Å². The Hall–Kier alpha value is -0.990. The quantitative estimate of drug-likeness (QED) is 0.797. The second-order valence-corrected chi connectivity index (χ2v) is 8.95. The molecule has 27 heavy (non-hydrogen) atoms. The molecule has 154 valence electrons. The molecule has 3 saturated heterocycles. The third-order valence-electron chi connectivity index (χ3n) is 7.03. The van der Waals surface area contributed by atoms with E-state index < -0.39 is 12.0 Å². The van der Waals surface area contributed by atoms with E-state index in [-0.39, 0.29) is 37.1 Å². The maximum absolute atomic E-state index is 13.7. The second kappa shape index (κ2) is 7.12. The highest BCUT2D eigenvalue weighted by Crippen LogP contribution is 2.51. The second-order valence-electron chi connectivity index (χ2n) is 8.95. The first-order chi connectivity index (χ1) is 12.8. The van der Waals surface area contributed by atoms with Crippen molar-refractivity contribution in [3.8, 4) is 0 Å². The van der Waals surface area contributed by atoms with Crippen molar-refractivity contribution in [3.63, 3.8) is 0 Å². The number of hydrogen-bond donors (Lipinski definition) is 1. The number of rotatable bonds is 4. The van der Waals surface area contributed by atoms with Gasteiger partial charge in [-0.2, -0.15) is 0 Å². The van der Waals surface area contributed by atoms with Gasteiger partial charge in [-0.25, -0.2) is 13.6 Å². The number of aliphatic hydroxyl groups is 1. The predicted octanol–water partition coefficient (Wildman–Crippen LogP) is 1.77. The molecule has 4 fully saturated rings. The van der Waals surface area contributed by atoms with Gasteiger partial charge in [0.1, 0.15) is 0 Å². The number of halogens is 2. The van der Waals surface area contributed by atoms with Gasteiger partial charge in [0.05, 0.1) is 19.8 Å². The van der Waals surface area contributed by atoms with Crippen LogP contribution in [0, 0.1) is 5.41 Å². The lowest BCUT2D eigenvalue weighted by Gasteiger charge is -2.61. The molecule has 4 aliphatic rings. The normalized spacial score (nSPS) is 31.7. The zero-order chi connectivity index (χ0) is 19.2. The minimum Gasteiger partial charge on any atom is -0.450 e. The molecule has 0 aromatic heterocycles. The molecule has 1 aliphatic carbocycles. The molecule has 1 spiro atoms. The number of amides is 1. The van der Waals surface area contributed by atoms with Gasteiger partial charge in [0.2, 0.25) is 0 Å². The lowest BCUT2D eigenvalue weighted by Crippen LogP contribution is -2.68. The van der Waals surface area contributed by atoms with Gasteiger partial charge in [0.25, 0.3) is 5.92 Å². The van der Waals surface area contributed by atoms with Crippen LogP contribution in [0.5, 0.6) is 0 Å². The van der Waals surface area contributed by atoms with Gasteiger partial charge in [-0.05, 0) is 45.7 Å². The van der Waals surface area contributed by atoms with E-state index in [4.69, 9.17) is 4.74 Å². The largest absolute Gasteiger partial charge is 0.450 e. The Morgan fingerprint density at radius 3 is 2.37 bits per heavy atom. The Morgan fingerprint density at radius 2 is 1.78 bits per heavy atom. The molecule has 3 heterocycles. The summed E-state index contributed by atoms with van der Waals surface area (Å²) in [5.74, 6) is -2.67. The van der Waals surface area contributed by atoms with Crippen molar-refractivity contribution in [1.82, 2.24) is 14.7 Å². The lowest BCUT2D eigenvalue weighted by molar-refractivity contribution is -0.106. The van der Waals surface area contributed by atoms with E-state index in [2.05, 4.69) is 4.90 Å². The molecule has 0 aromatic rings. The Morgan fingerprint density at radius 1 is 1.11 bits per heavy atom. The van der Waals surface area contributed by atoms with Crippen molar-refractivity contribution < 1.29 is 23.4 Å². The summed E-state index contributed by atoms with van der Waals surface area (Å²) in [5, 5.41) is 9.45. The summed E-state index contributed by atoms with van der Waals surface area (Å²) in [6.07, 6.45) is 3.61. The molecule has 1 unspecified atom stereocenters. The zero-order valence-electron chi connectivity index (χ0n) is 16.1. The average molecular weight is 387 g/mol. The number of piperidine rings is 1. The highest BCUT2D eigenvalue weighted by Gasteiger charge is 2.56. The van der Waals surface area contributed by atoms with Crippen LogP contribution in [0.2, 0.25) is 0 Å². The number of ether oxygens (including phenoxy) is 1. The van der Waals surface area contributed by atoms with Crippen LogP contribution in [-0.2, 0) is 4.74 Å². The fourth-order valence-corrected chi connectivity index (χ4v) is 5.67. The van der Waals surface area contributed by atoms with Gasteiger partial charge in [-0.15, -0.1) is 0 Å². The number of carbonyl (C=O) groups excluding carboxylic acids is 1. The van der Waals surface area contributed by atoms with E-state index in [0.717, 1.165) is 51.9 Å². The summed E-state index contributed by atoms with van der Waals surface area (Å²) in [6, 6.07) is 0.320. The summed E-state index contributed by atoms with van der Waals surface area (Å²) in [4.78, 5) is 17.8. The lowest BCUT2D eigenvalue weighted by atomic mass is 9.60. The molecular weight excluding hydrogens is 356 g/mol. The van der Waals surface area contributed by atoms with E-state index in [1.165, 1.54) is 0 Å². The molecule has 3 aliphatic heterocycles. The Bertz CT molecular complexity index is 554. The minimum absolute atomic E-state index is 0.156. The molecule has 1 N–H and O–H groups in total. The van der Waals surface area contributed by atoms with E-state index in [1.807, 2.05) is 11.8 Å². The van der Waals surface area contributed by atoms with Crippen LogP contribution < -0.4 is 0 Å². The Balaban J connectivity index is 1.21.